The quantitative estimate of drug-likeness (QED) is 0.203. The number of carbonyl (C=O) groups is 4. The Morgan fingerprint density at radius 2 is 1.57 bits per heavy atom. The molecule has 0 fully saturated rings. The first-order chi connectivity index (χ1) is 27.0. The van der Waals surface area contributed by atoms with Gasteiger partial charge in [-0.05, 0) is 89.3 Å². The van der Waals surface area contributed by atoms with Gasteiger partial charge in [0.1, 0.15) is 16.9 Å². The number of anilines is 3. The molecule has 56 heavy (non-hydrogen) atoms. The van der Waals surface area contributed by atoms with E-state index in [9.17, 15) is 19.2 Å². The molecule has 0 bridgehead atoms. The Hall–Kier alpha value is -6.36. The maximum atomic E-state index is 14.2. The molecular formula is C39H47N13O4. The molecule has 0 saturated carbocycles. The van der Waals surface area contributed by atoms with Crippen LogP contribution in [-0.2, 0) is 37.4 Å². The summed E-state index contributed by atoms with van der Waals surface area (Å²) in [7, 11) is 1.65. The molecule has 0 spiro atoms. The number of aromatic nitrogens is 8. The van der Waals surface area contributed by atoms with Gasteiger partial charge in [-0.2, -0.15) is 10.2 Å². The highest BCUT2D eigenvalue weighted by Crippen LogP contribution is 2.30. The maximum Gasteiger partial charge on any atom is 0.276 e. The van der Waals surface area contributed by atoms with E-state index >= 15 is 0 Å². The number of rotatable bonds is 4. The van der Waals surface area contributed by atoms with E-state index in [1.807, 2.05) is 42.0 Å². The van der Waals surface area contributed by atoms with Crippen LogP contribution in [0.25, 0.3) is 22.1 Å². The zero-order chi connectivity index (χ0) is 39.7. The number of amides is 4. The average molecular weight is 762 g/mol. The van der Waals surface area contributed by atoms with Gasteiger partial charge in [-0.15, -0.1) is 0 Å². The molecule has 0 aliphatic carbocycles. The molecule has 1 aliphatic heterocycles. The topological polar surface area (TPSA) is 219 Å². The van der Waals surface area contributed by atoms with E-state index in [-0.39, 0.29) is 24.3 Å². The number of likely N-dealkylation sites (N-methyl/N-ethyl adjacent to an activating group) is 1. The van der Waals surface area contributed by atoms with E-state index in [0.29, 0.717) is 91.0 Å². The third-order valence-corrected chi connectivity index (χ3v) is 10.4. The van der Waals surface area contributed by atoms with E-state index in [1.54, 1.807) is 46.7 Å². The predicted molar refractivity (Wildman–Crippen MR) is 213 cm³/mol. The highest BCUT2D eigenvalue weighted by atomic mass is 16.2. The van der Waals surface area contributed by atoms with Gasteiger partial charge in [0.25, 0.3) is 11.8 Å². The van der Waals surface area contributed by atoms with E-state index in [2.05, 4.69) is 15.7 Å². The van der Waals surface area contributed by atoms with Crippen molar-refractivity contribution >= 4 is 63.3 Å². The summed E-state index contributed by atoms with van der Waals surface area (Å²) in [5.74, 6) is -0.836. The Morgan fingerprint density at radius 3 is 2.30 bits per heavy atom. The lowest BCUT2D eigenvalue weighted by atomic mass is 10.0. The normalized spacial score (nSPS) is 14.6. The van der Waals surface area contributed by atoms with Gasteiger partial charge in [0, 0.05) is 44.4 Å². The number of primary amides is 1. The lowest BCUT2D eigenvalue weighted by Gasteiger charge is -2.17. The van der Waals surface area contributed by atoms with Crippen LogP contribution < -0.4 is 27.0 Å². The summed E-state index contributed by atoms with van der Waals surface area (Å²) in [4.78, 5) is 64.0. The van der Waals surface area contributed by atoms with Crippen molar-refractivity contribution in [1.82, 2.24) is 38.7 Å². The first kappa shape index (κ1) is 37.9. The van der Waals surface area contributed by atoms with Crippen molar-refractivity contribution in [2.24, 2.45) is 11.5 Å². The number of carbonyl (C=O) groups excluding carboxylic acids is 4. The van der Waals surface area contributed by atoms with Gasteiger partial charge in [-0.3, -0.25) is 39.2 Å². The molecular weight excluding hydrogens is 715 g/mol. The second-order valence-corrected chi connectivity index (χ2v) is 14.1. The van der Waals surface area contributed by atoms with Crippen LogP contribution >= 0.6 is 0 Å². The summed E-state index contributed by atoms with van der Waals surface area (Å²) in [5, 5.41) is 15.5. The molecule has 4 aromatic heterocycles. The van der Waals surface area contributed by atoms with E-state index in [4.69, 9.17) is 26.5 Å². The number of nitrogens with one attached hydrogen (secondary N) is 2. The molecule has 17 heteroatoms. The number of nitrogens with zero attached hydrogens (tertiary/aromatic N) is 9. The Labute approximate surface area is 323 Å². The van der Waals surface area contributed by atoms with E-state index in [0.717, 1.165) is 47.2 Å². The molecule has 1 aliphatic rings. The van der Waals surface area contributed by atoms with Crippen molar-refractivity contribution in [3.63, 3.8) is 0 Å². The molecule has 4 amide bonds. The van der Waals surface area contributed by atoms with Crippen molar-refractivity contribution in [3.8, 4) is 0 Å². The fraction of sp³-hybridized carbons (Fsp3) is 0.385. The predicted octanol–water partition coefficient (Wildman–Crippen LogP) is 4.15. The minimum atomic E-state index is -0.574. The lowest BCUT2D eigenvalue weighted by molar-refractivity contribution is -0.117. The highest BCUT2D eigenvalue weighted by Gasteiger charge is 2.25. The minimum Gasteiger partial charge on any atom is -0.366 e. The van der Waals surface area contributed by atoms with Crippen LogP contribution in [0.2, 0.25) is 0 Å². The summed E-state index contributed by atoms with van der Waals surface area (Å²) in [6, 6.07) is 12.4. The number of hydrogen-bond acceptors (Lipinski definition) is 9. The van der Waals surface area contributed by atoms with Gasteiger partial charge in [0.2, 0.25) is 23.7 Å². The van der Waals surface area contributed by atoms with Gasteiger partial charge < -0.3 is 25.5 Å². The monoisotopic (exact) mass is 761 g/mol. The molecule has 0 unspecified atom stereocenters. The molecule has 6 aromatic rings. The third-order valence-electron chi connectivity index (χ3n) is 10.4. The zero-order valence-corrected chi connectivity index (χ0v) is 32.1. The zero-order valence-electron chi connectivity index (χ0n) is 32.1. The van der Waals surface area contributed by atoms with Gasteiger partial charge in [-0.25, -0.2) is 9.97 Å². The molecule has 0 saturated heterocycles. The number of nitrogens with two attached hydrogens (primary N) is 2. The second kappa shape index (κ2) is 15.8. The fourth-order valence-corrected chi connectivity index (χ4v) is 7.51. The van der Waals surface area contributed by atoms with Crippen LogP contribution in [0, 0.1) is 13.8 Å². The molecule has 5 heterocycles. The maximum absolute atomic E-state index is 14.2. The number of fused-ring (bicyclic) bond motifs is 8. The van der Waals surface area contributed by atoms with Gasteiger partial charge in [0.05, 0.1) is 40.2 Å². The number of imidazole rings is 2. The van der Waals surface area contributed by atoms with Crippen LogP contribution in [0.1, 0.15) is 87.3 Å². The summed E-state index contributed by atoms with van der Waals surface area (Å²) in [5.41, 5.74) is 18.0. The average Bonchev–Trinajstić information content (AvgIpc) is 3.92. The van der Waals surface area contributed by atoms with Crippen LogP contribution in [0.3, 0.4) is 0 Å². The van der Waals surface area contributed by atoms with Crippen molar-refractivity contribution < 1.29 is 19.2 Å². The Balaban J connectivity index is 1.29. The summed E-state index contributed by atoms with van der Waals surface area (Å²) in [6.07, 6.45) is 4.27. The van der Waals surface area contributed by atoms with Crippen molar-refractivity contribution in [1.29, 1.82) is 0 Å². The van der Waals surface area contributed by atoms with Gasteiger partial charge in [-0.1, -0.05) is 12.5 Å². The van der Waals surface area contributed by atoms with Crippen LogP contribution in [0.5, 0.6) is 0 Å². The molecule has 17 nitrogen and oxygen atoms in total. The fourth-order valence-electron chi connectivity index (χ4n) is 7.51. The molecule has 0 atom stereocenters. The van der Waals surface area contributed by atoms with Crippen LogP contribution in [0.4, 0.5) is 17.6 Å². The first-order valence-corrected chi connectivity index (χ1v) is 19.0. The van der Waals surface area contributed by atoms with E-state index < -0.39 is 5.91 Å². The summed E-state index contributed by atoms with van der Waals surface area (Å²) in [6.45, 7) is 7.52. The largest absolute Gasteiger partial charge is 0.366 e. The highest BCUT2D eigenvalue weighted by molar-refractivity contribution is 6.06. The van der Waals surface area contributed by atoms with Crippen molar-refractivity contribution in [2.75, 3.05) is 29.1 Å². The van der Waals surface area contributed by atoms with Crippen LogP contribution in [-0.4, -0.2) is 75.9 Å². The number of hydrogen-bond donors (Lipinski definition) is 4. The van der Waals surface area contributed by atoms with Crippen LogP contribution in [0.15, 0.2) is 42.5 Å². The molecule has 292 valence electrons. The SMILES string of the molecule is CCn1nc(C)c2c1C(=O)Nc1nc3cc(C(N)=O)ccc3n1CCCCn1c(nc3c(N(C)C(=O)CN)cccc31)NC(=O)c1cc(C)nn1CCCCC2. The molecule has 7 rings (SSSR count). The lowest BCUT2D eigenvalue weighted by Crippen LogP contribution is -2.32. The first-order valence-electron chi connectivity index (χ1n) is 19.0. The minimum absolute atomic E-state index is 0.168. The molecule has 2 aromatic carbocycles. The Morgan fingerprint density at radius 1 is 0.857 bits per heavy atom. The standard InChI is InChI=1S/C39H47N13O4/c1-5-51-34-26(24(3)47-51)12-7-6-8-19-52-31(20-23(2)46-52)36(55)44-39-43-33-29(48(4)32(53)22-40)13-11-14-30(33)50(39)18-10-9-17-49-28-16-15-25(35(41)54)21-27(28)42-38(49)45-37(34)56/h11,13-16,20-21H,5-10,12,17-19,22,40H2,1-4H3,(H2,41,54)(H,42,45,56)(H,43,44,55). The van der Waals surface area contributed by atoms with Crippen molar-refractivity contribution in [2.45, 2.75) is 85.5 Å². The molecule has 0 radical (unpaired) electrons. The number of para-hydroxylation sites is 1. The Kier molecular flexibility index (Phi) is 10.7. The smallest absolute Gasteiger partial charge is 0.276 e. The van der Waals surface area contributed by atoms with Gasteiger partial charge >= 0.3 is 0 Å². The Bertz CT molecular complexity index is 2490. The van der Waals surface area contributed by atoms with E-state index in [1.165, 1.54) is 4.90 Å². The number of aryl methyl sites for hydroxylation is 6. The van der Waals surface area contributed by atoms with Gasteiger partial charge in [0.15, 0.2) is 0 Å². The third kappa shape index (κ3) is 7.24. The number of benzene rings is 2. The molecule has 6 N–H and O–H groups in total. The van der Waals surface area contributed by atoms with Crippen molar-refractivity contribution in [3.05, 3.63) is 76.4 Å². The second-order valence-electron chi connectivity index (χ2n) is 14.1. The summed E-state index contributed by atoms with van der Waals surface area (Å²) >= 11 is 0. The summed E-state index contributed by atoms with van der Waals surface area (Å²) < 4.78 is 7.34.